The first-order chi connectivity index (χ1) is 7.31. The fourth-order valence-electron chi connectivity index (χ4n) is 1.27. The summed E-state index contributed by atoms with van der Waals surface area (Å²) in [6, 6.07) is 0.00722. The lowest BCUT2D eigenvalue weighted by atomic mass is 9.96. The Morgan fingerprint density at radius 2 is 1.62 bits per heavy atom. The van der Waals surface area contributed by atoms with Gasteiger partial charge in [0.15, 0.2) is 0 Å². The number of nitrogens with zero attached hydrogens (tertiary/aromatic N) is 1. The Kier molecular flexibility index (Phi) is 6.08. The fourth-order valence-corrected chi connectivity index (χ4v) is 1.27. The molecule has 0 aliphatic carbocycles. The number of rotatable bonds is 5. The average molecular weight is 229 g/mol. The van der Waals surface area contributed by atoms with Gasteiger partial charge in [-0.3, -0.25) is 9.59 Å². The van der Waals surface area contributed by atoms with Crippen molar-refractivity contribution in [1.29, 1.82) is 0 Å². The Bertz CT molecular complexity index is 249. The molecule has 0 aliphatic rings. The van der Waals surface area contributed by atoms with Crippen molar-refractivity contribution in [2.45, 2.75) is 40.7 Å². The van der Waals surface area contributed by atoms with Crippen LogP contribution in [0.5, 0.6) is 0 Å². The predicted octanol–water partition coefficient (Wildman–Crippen LogP) is 1.69. The fraction of sp³-hybridized carbons (Fsp3) is 0.833. The highest BCUT2D eigenvalue weighted by atomic mass is 16.5. The Morgan fingerprint density at radius 1 is 1.12 bits per heavy atom. The second kappa shape index (κ2) is 6.51. The smallest absolute Gasteiger partial charge is 0.325 e. The number of carbonyl (C=O) groups excluding carboxylic acids is 2. The summed E-state index contributed by atoms with van der Waals surface area (Å²) in [4.78, 5) is 24.9. The van der Waals surface area contributed by atoms with Gasteiger partial charge in [-0.1, -0.05) is 20.8 Å². The van der Waals surface area contributed by atoms with Crippen LogP contribution in [0.2, 0.25) is 0 Å². The molecule has 0 saturated carbocycles. The second-order valence-corrected chi connectivity index (χ2v) is 4.67. The first-order valence-electron chi connectivity index (χ1n) is 5.68. The zero-order valence-corrected chi connectivity index (χ0v) is 11.1. The minimum absolute atomic E-state index is 0.00722. The molecule has 0 rings (SSSR count). The average Bonchev–Trinajstić information content (AvgIpc) is 2.22. The number of esters is 1. The summed E-state index contributed by atoms with van der Waals surface area (Å²) in [5.74, 6) is -0.174. The van der Waals surface area contributed by atoms with Crippen molar-refractivity contribution in [3.63, 3.8) is 0 Å². The topological polar surface area (TPSA) is 46.6 Å². The lowest BCUT2D eigenvalue weighted by molar-refractivity contribution is -0.150. The molecule has 0 saturated heterocycles. The maximum absolute atomic E-state index is 12.1. The van der Waals surface area contributed by atoms with E-state index in [1.807, 2.05) is 34.6 Å². The van der Waals surface area contributed by atoms with Gasteiger partial charge in [0.05, 0.1) is 7.11 Å². The number of methoxy groups -OCH3 is 1. The van der Waals surface area contributed by atoms with Gasteiger partial charge in [0, 0.05) is 12.0 Å². The van der Waals surface area contributed by atoms with E-state index in [4.69, 9.17) is 0 Å². The van der Waals surface area contributed by atoms with Gasteiger partial charge < -0.3 is 9.64 Å². The van der Waals surface area contributed by atoms with Gasteiger partial charge in [0.25, 0.3) is 0 Å². The van der Waals surface area contributed by atoms with Crippen molar-refractivity contribution >= 4 is 11.9 Å². The highest BCUT2D eigenvalue weighted by Crippen LogP contribution is 2.15. The van der Waals surface area contributed by atoms with Crippen LogP contribution in [-0.2, 0) is 14.3 Å². The molecule has 16 heavy (non-hydrogen) atoms. The maximum Gasteiger partial charge on any atom is 0.325 e. The van der Waals surface area contributed by atoms with Crippen molar-refractivity contribution in [1.82, 2.24) is 4.90 Å². The van der Waals surface area contributed by atoms with Crippen LogP contribution in [-0.4, -0.2) is 36.5 Å². The lowest BCUT2D eigenvalue weighted by Gasteiger charge is -2.29. The van der Waals surface area contributed by atoms with Crippen molar-refractivity contribution in [2.24, 2.45) is 11.8 Å². The Labute approximate surface area is 98.0 Å². The largest absolute Gasteiger partial charge is 0.468 e. The number of hydrogen-bond donors (Lipinski definition) is 0. The summed E-state index contributed by atoms with van der Waals surface area (Å²) >= 11 is 0. The van der Waals surface area contributed by atoms with Gasteiger partial charge in [-0.2, -0.15) is 0 Å². The van der Waals surface area contributed by atoms with Crippen LogP contribution in [0.3, 0.4) is 0 Å². The third-order valence-electron chi connectivity index (χ3n) is 2.82. The molecule has 0 aromatic rings. The maximum atomic E-state index is 12.1. The number of hydrogen-bond acceptors (Lipinski definition) is 3. The van der Waals surface area contributed by atoms with Crippen molar-refractivity contribution in [3.05, 3.63) is 0 Å². The van der Waals surface area contributed by atoms with Crippen molar-refractivity contribution in [2.75, 3.05) is 13.7 Å². The van der Waals surface area contributed by atoms with Gasteiger partial charge in [0.2, 0.25) is 5.91 Å². The number of amides is 1. The third kappa shape index (κ3) is 4.21. The van der Waals surface area contributed by atoms with Crippen molar-refractivity contribution in [3.8, 4) is 0 Å². The standard InChI is InChI=1S/C12H23NO3/c1-8(2)10(5)12(15)13(9(3)4)7-11(14)16-6/h8-10H,7H2,1-6H3. The van der Waals surface area contributed by atoms with E-state index >= 15 is 0 Å². The van der Waals surface area contributed by atoms with E-state index in [1.165, 1.54) is 7.11 Å². The third-order valence-corrected chi connectivity index (χ3v) is 2.82. The van der Waals surface area contributed by atoms with Crippen LogP contribution in [0, 0.1) is 11.8 Å². The first-order valence-corrected chi connectivity index (χ1v) is 5.68. The molecule has 1 unspecified atom stereocenters. The summed E-state index contributed by atoms with van der Waals surface area (Å²) in [6.07, 6.45) is 0. The van der Waals surface area contributed by atoms with Crippen LogP contribution in [0.4, 0.5) is 0 Å². The first kappa shape index (κ1) is 14.9. The predicted molar refractivity (Wildman–Crippen MR) is 62.9 cm³/mol. The summed E-state index contributed by atoms with van der Waals surface area (Å²) < 4.78 is 4.59. The van der Waals surface area contributed by atoms with Gasteiger partial charge >= 0.3 is 5.97 Å². The molecular formula is C12H23NO3. The van der Waals surface area contributed by atoms with Gasteiger partial charge in [0.1, 0.15) is 6.54 Å². The summed E-state index contributed by atoms with van der Waals surface area (Å²) in [7, 11) is 1.33. The van der Waals surface area contributed by atoms with E-state index in [-0.39, 0.29) is 36.3 Å². The number of carbonyl (C=O) groups is 2. The Morgan fingerprint density at radius 3 is 1.94 bits per heavy atom. The van der Waals surface area contributed by atoms with Crippen LogP contribution in [0.25, 0.3) is 0 Å². The van der Waals surface area contributed by atoms with Gasteiger partial charge in [-0.25, -0.2) is 0 Å². The quantitative estimate of drug-likeness (QED) is 0.674. The zero-order chi connectivity index (χ0) is 12.9. The molecule has 1 atom stereocenters. The molecule has 0 spiro atoms. The van der Waals surface area contributed by atoms with E-state index in [0.717, 1.165) is 0 Å². The van der Waals surface area contributed by atoms with E-state index in [9.17, 15) is 9.59 Å². The molecular weight excluding hydrogens is 206 g/mol. The SMILES string of the molecule is COC(=O)CN(C(=O)C(C)C(C)C)C(C)C. The molecule has 0 aliphatic heterocycles. The van der Waals surface area contributed by atoms with Crippen LogP contribution in [0.1, 0.15) is 34.6 Å². The lowest BCUT2D eigenvalue weighted by Crippen LogP contribution is -2.44. The Balaban J connectivity index is 4.66. The van der Waals surface area contributed by atoms with E-state index in [2.05, 4.69) is 4.74 Å². The number of ether oxygens (including phenoxy) is 1. The molecule has 0 N–H and O–H groups in total. The molecule has 94 valence electrons. The zero-order valence-electron chi connectivity index (χ0n) is 11.1. The molecule has 0 fully saturated rings. The summed E-state index contributed by atoms with van der Waals surface area (Å²) in [5.41, 5.74) is 0. The van der Waals surface area contributed by atoms with E-state index in [0.29, 0.717) is 0 Å². The molecule has 4 nitrogen and oxygen atoms in total. The highest BCUT2D eigenvalue weighted by Gasteiger charge is 2.26. The highest BCUT2D eigenvalue weighted by molar-refractivity contribution is 5.83. The van der Waals surface area contributed by atoms with Crippen LogP contribution < -0.4 is 0 Å². The normalized spacial score (nSPS) is 12.8. The monoisotopic (exact) mass is 229 g/mol. The second-order valence-electron chi connectivity index (χ2n) is 4.67. The molecule has 0 radical (unpaired) electrons. The molecule has 1 amide bonds. The Hall–Kier alpha value is -1.06. The minimum Gasteiger partial charge on any atom is -0.468 e. The van der Waals surface area contributed by atoms with E-state index < -0.39 is 0 Å². The molecule has 0 aromatic heterocycles. The van der Waals surface area contributed by atoms with Crippen LogP contribution in [0.15, 0.2) is 0 Å². The van der Waals surface area contributed by atoms with E-state index in [1.54, 1.807) is 4.90 Å². The minimum atomic E-state index is -0.377. The van der Waals surface area contributed by atoms with Gasteiger partial charge in [-0.15, -0.1) is 0 Å². The molecule has 0 aromatic carbocycles. The van der Waals surface area contributed by atoms with Crippen molar-refractivity contribution < 1.29 is 14.3 Å². The molecule has 0 heterocycles. The molecule has 4 heteroatoms. The van der Waals surface area contributed by atoms with Crippen LogP contribution >= 0.6 is 0 Å². The van der Waals surface area contributed by atoms with Gasteiger partial charge in [-0.05, 0) is 19.8 Å². The molecule has 0 bridgehead atoms. The summed E-state index contributed by atoms with van der Waals surface area (Å²) in [6.45, 7) is 9.71. The summed E-state index contributed by atoms with van der Waals surface area (Å²) in [5, 5.41) is 0.